The molecule has 1 heteroatoms. The minimum absolute atomic E-state index is 0.863. The van der Waals surface area contributed by atoms with Gasteiger partial charge in [0.25, 0.3) is 0 Å². The first-order chi connectivity index (χ1) is 10.1. The van der Waals surface area contributed by atoms with Crippen molar-refractivity contribution in [3.05, 3.63) is 11.8 Å². The van der Waals surface area contributed by atoms with Crippen molar-refractivity contribution < 1.29 is 0 Å². The second-order valence-electron chi connectivity index (χ2n) is 5.86. The number of hydrogen-bond acceptors (Lipinski definition) is 1. The van der Waals surface area contributed by atoms with Crippen LogP contribution in [0, 0.1) is 5.92 Å². The van der Waals surface area contributed by atoms with E-state index < -0.39 is 0 Å². The van der Waals surface area contributed by atoms with Crippen LogP contribution in [0.25, 0.3) is 0 Å². The smallest absolute Gasteiger partial charge is 0.0249 e. The highest BCUT2D eigenvalue weighted by Gasteiger charge is 1.95. The predicted molar refractivity (Wildman–Crippen MR) is 102 cm³/mol. The average molecular weight is 298 g/mol. The highest BCUT2D eigenvalue weighted by Crippen LogP contribution is 2.12. The molecule has 128 valence electrons. The third kappa shape index (κ3) is 32.7. The molecule has 0 aliphatic carbocycles. The Balaban J connectivity index is -0.000000389. The number of hydrogen-bond donors (Lipinski definition) is 0. The molecule has 0 aliphatic heterocycles. The molecule has 0 saturated heterocycles. The van der Waals surface area contributed by atoms with Crippen LogP contribution in [-0.2, 0) is 0 Å². The number of unbranched alkanes of at least 4 members (excludes halogenated alkanes) is 5. The van der Waals surface area contributed by atoms with Crippen molar-refractivity contribution >= 4 is 6.72 Å². The lowest BCUT2D eigenvalue weighted by atomic mass is 10.0. The van der Waals surface area contributed by atoms with Gasteiger partial charge in [0, 0.05) is 6.20 Å². The maximum Gasteiger partial charge on any atom is 0.0249 e. The first-order valence-electron chi connectivity index (χ1n) is 9.19. The minimum atomic E-state index is 0.863. The summed E-state index contributed by atoms with van der Waals surface area (Å²) in [6.07, 6.45) is 13.9. The molecule has 1 nitrogen and oxygen atoms in total. The Morgan fingerprint density at radius 1 is 0.952 bits per heavy atom. The second kappa shape index (κ2) is 24.4. The molecule has 0 bridgehead atoms. The molecule has 0 rings (SSSR count). The lowest BCUT2D eigenvalue weighted by molar-refractivity contribution is 0.520. The summed E-state index contributed by atoms with van der Waals surface area (Å²) in [5, 5.41) is 0. The highest BCUT2D eigenvalue weighted by molar-refractivity contribution is 5.26. The van der Waals surface area contributed by atoms with Gasteiger partial charge in [0.05, 0.1) is 0 Å². The van der Waals surface area contributed by atoms with Gasteiger partial charge in [-0.15, -0.1) is 0 Å². The Bertz CT molecular complexity index is 202. The molecule has 21 heavy (non-hydrogen) atoms. The Hall–Kier alpha value is -0.590. The Kier molecular flexibility index (Phi) is 29.5. The predicted octanol–water partition coefficient (Wildman–Crippen LogP) is 7.81. The Morgan fingerprint density at radius 3 is 1.86 bits per heavy atom. The molecule has 0 unspecified atom stereocenters. The highest BCUT2D eigenvalue weighted by atomic mass is 14.6. The van der Waals surface area contributed by atoms with Crippen LogP contribution in [0.2, 0.25) is 0 Å². The van der Waals surface area contributed by atoms with E-state index in [9.17, 15) is 0 Å². The fourth-order valence-corrected chi connectivity index (χ4v) is 1.88. The second-order valence-corrected chi connectivity index (χ2v) is 5.86. The Labute approximate surface area is 136 Å². The maximum absolute atomic E-state index is 3.76. The van der Waals surface area contributed by atoms with Gasteiger partial charge in [0.15, 0.2) is 0 Å². The number of nitrogens with zero attached hydrogens (tertiary/aromatic N) is 1. The van der Waals surface area contributed by atoms with Crippen LogP contribution < -0.4 is 0 Å². The summed E-state index contributed by atoms with van der Waals surface area (Å²) in [4.78, 5) is 3.76. The molecule has 0 saturated carbocycles. The molecule has 0 spiro atoms. The van der Waals surface area contributed by atoms with Gasteiger partial charge in [-0.05, 0) is 32.4 Å². The molecule has 0 atom stereocenters. The van der Waals surface area contributed by atoms with Crippen molar-refractivity contribution in [1.29, 1.82) is 0 Å². The van der Waals surface area contributed by atoms with E-state index in [0.717, 1.165) is 5.92 Å². The summed E-state index contributed by atoms with van der Waals surface area (Å²) in [5.41, 5.74) is 1.35. The van der Waals surface area contributed by atoms with Gasteiger partial charge in [-0.1, -0.05) is 92.1 Å². The monoisotopic (exact) mass is 297 g/mol. The summed E-state index contributed by atoms with van der Waals surface area (Å²) in [6.45, 7) is 18.6. The number of rotatable bonds is 10. The summed E-state index contributed by atoms with van der Waals surface area (Å²) in [7, 11) is 0. The largest absolute Gasteiger partial charge is 0.273 e. The molecule has 0 heterocycles. The Morgan fingerprint density at radius 2 is 1.48 bits per heavy atom. The van der Waals surface area contributed by atoms with E-state index in [4.69, 9.17) is 0 Å². The number of aliphatic imine (C=N–C) groups is 1. The van der Waals surface area contributed by atoms with Crippen molar-refractivity contribution in [3.8, 4) is 0 Å². The molecule has 0 fully saturated rings. The zero-order valence-electron chi connectivity index (χ0n) is 16.2. The summed E-state index contributed by atoms with van der Waals surface area (Å²) in [5.74, 6) is 0.863. The van der Waals surface area contributed by atoms with Crippen LogP contribution in [-0.4, -0.2) is 6.72 Å². The molecular formula is C20H43N. The molecule has 0 aromatic carbocycles. The fraction of sp³-hybridized carbons (Fsp3) is 0.850. The molecule has 0 radical (unpaired) electrons. The fourth-order valence-electron chi connectivity index (χ4n) is 1.88. The lowest BCUT2D eigenvalue weighted by Gasteiger charge is -2.04. The molecule has 0 aromatic rings. The van der Waals surface area contributed by atoms with Gasteiger partial charge in [0.2, 0.25) is 0 Å². The van der Waals surface area contributed by atoms with Crippen LogP contribution in [0.3, 0.4) is 0 Å². The van der Waals surface area contributed by atoms with E-state index in [-0.39, 0.29) is 0 Å². The van der Waals surface area contributed by atoms with E-state index in [0.29, 0.717) is 0 Å². The van der Waals surface area contributed by atoms with Crippen molar-refractivity contribution in [3.63, 3.8) is 0 Å². The topological polar surface area (TPSA) is 12.4 Å². The molecule has 0 amide bonds. The lowest BCUT2D eigenvalue weighted by Crippen LogP contribution is -1.87. The molecule has 0 aliphatic rings. The van der Waals surface area contributed by atoms with Gasteiger partial charge in [-0.2, -0.15) is 0 Å². The van der Waals surface area contributed by atoms with E-state index in [1.54, 1.807) is 0 Å². The van der Waals surface area contributed by atoms with Gasteiger partial charge in [-0.3, -0.25) is 4.99 Å². The zero-order valence-corrected chi connectivity index (χ0v) is 16.2. The third-order valence-electron chi connectivity index (χ3n) is 3.12. The normalized spacial score (nSPS) is 10.4. The summed E-state index contributed by atoms with van der Waals surface area (Å²) in [6, 6.07) is 0. The van der Waals surface area contributed by atoms with Gasteiger partial charge in [0.1, 0.15) is 0 Å². The van der Waals surface area contributed by atoms with Crippen LogP contribution in [0.1, 0.15) is 106 Å². The SMILES string of the molecule is C=N/C=C(\C)CCCCCCC(C)C.CC.CCCCC. The van der Waals surface area contributed by atoms with E-state index in [2.05, 4.69) is 46.3 Å². The van der Waals surface area contributed by atoms with Crippen molar-refractivity contribution in [2.24, 2.45) is 10.9 Å². The maximum atomic E-state index is 3.76. The quantitative estimate of drug-likeness (QED) is 0.288. The van der Waals surface area contributed by atoms with Crippen LogP contribution in [0.5, 0.6) is 0 Å². The van der Waals surface area contributed by atoms with Gasteiger partial charge < -0.3 is 0 Å². The standard InChI is InChI=1S/C13H25N.C5H12.C2H6/c1-12(2)9-7-5-6-8-10-13(3)11-14-4;1-3-5-4-2;1-2/h11-12H,4-10H2,1-3H3;3-5H2,1-2H3;1-2H3/b13-11+;;. The van der Waals surface area contributed by atoms with Crippen molar-refractivity contribution in [2.75, 3.05) is 0 Å². The van der Waals surface area contributed by atoms with E-state index >= 15 is 0 Å². The van der Waals surface area contributed by atoms with Crippen LogP contribution >= 0.6 is 0 Å². The zero-order chi connectivity index (χ0) is 16.9. The first kappa shape index (κ1) is 25.4. The summed E-state index contributed by atoms with van der Waals surface area (Å²) >= 11 is 0. The van der Waals surface area contributed by atoms with Gasteiger partial charge >= 0.3 is 0 Å². The molecular weight excluding hydrogens is 254 g/mol. The van der Waals surface area contributed by atoms with E-state index in [1.165, 1.54) is 63.4 Å². The first-order valence-corrected chi connectivity index (χ1v) is 9.19. The number of allylic oxidation sites excluding steroid dienone is 1. The third-order valence-corrected chi connectivity index (χ3v) is 3.12. The van der Waals surface area contributed by atoms with Crippen LogP contribution in [0.4, 0.5) is 0 Å². The van der Waals surface area contributed by atoms with Crippen molar-refractivity contribution in [2.45, 2.75) is 106 Å². The molecule has 0 aromatic heterocycles. The van der Waals surface area contributed by atoms with Crippen LogP contribution in [0.15, 0.2) is 16.8 Å². The minimum Gasteiger partial charge on any atom is -0.273 e. The van der Waals surface area contributed by atoms with E-state index in [1.807, 2.05) is 20.0 Å². The summed E-state index contributed by atoms with van der Waals surface area (Å²) < 4.78 is 0. The average Bonchev–Trinajstić information content (AvgIpc) is 2.46. The van der Waals surface area contributed by atoms with Crippen molar-refractivity contribution in [1.82, 2.24) is 0 Å². The van der Waals surface area contributed by atoms with Gasteiger partial charge in [-0.25, -0.2) is 0 Å². The molecule has 0 N–H and O–H groups in total.